The first-order valence-electron chi connectivity index (χ1n) is 10.9. The Balaban J connectivity index is 1.36. The summed E-state index contributed by atoms with van der Waals surface area (Å²) >= 11 is 1.29. The van der Waals surface area contributed by atoms with E-state index in [1.165, 1.54) is 36.0 Å². The van der Waals surface area contributed by atoms with Crippen molar-refractivity contribution in [2.75, 3.05) is 30.7 Å². The van der Waals surface area contributed by atoms with Gasteiger partial charge in [0.1, 0.15) is 11.6 Å². The van der Waals surface area contributed by atoms with E-state index in [1.54, 1.807) is 12.3 Å². The molecule has 1 aliphatic rings. The van der Waals surface area contributed by atoms with Crippen LogP contribution in [0.5, 0.6) is 0 Å². The number of hydrogen-bond acceptors (Lipinski definition) is 5. The maximum absolute atomic E-state index is 13.0. The SMILES string of the molecule is O=C(CSc1ccccc1C(=O)NC[C@@H](c1ccco1)N1CCCC1)Nc1ccc(F)cc1. The fourth-order valence-electron chi connectivity index (χ4n) is 3.88. The number of furan rings is 1. The van der Waals surface area contributed by atoms with Gasteiger partial charge in [0.05, 0.1) is 23.6 Å². The van der Waals surface area contributed by atoms with Crippen LogP contribution in [0.25, 0.3) is 0 Å². The summed E-state index contributed by atoms with van der Waals surface area (Å²) in [5.74, 6) is 0.199. The molecule has 1 aliphatic heterocycles. The van der Waals surface area contributed by atoms with E-state index in [-0.39, 0.29) is 29.4 Å². The smallest absolute Gasteiger partial charge is 0.252 e. The van der Waals surface area contributed by atoms with Gasteiger partial charge in [-0.05, 0) is 74.5 Å². The molecule has 33 heavy (non-hydrogen) atoms. The lowest BCUT2D eigenvalue weighted by Crippen LogP contribution is -2.36. The Labute approximate surface area is 196 Å². The Kier molecular flexibility index (Phi) is 7.80. The average Bonchev–Trinajstić information content (AvgIpc) is 3.55. The van der Waals surface area contributed by atoms with Crippen molar-refractivity contribution >= 4 is 29.3 Å². The topological polar surface area (TPSA) is 74.6 Å². The molecule has 1 saturated heterocycles. The summed E-state index contributed by atoms with van der Waals surface area (Å²) in [7, 11) is 0. The summed E-state index contributed by atoms with van der Waals surface area (Å²) in [5.41, 5.74) is 1.05. The third-order valence-electron chi connectivity index (χ3n) is 5.53. The van der Waals surface area contributed by atoms with Crippen LogP contribution in [0, 0.1) is 5.82 Å². The number of rotatable bonds is 9. The van der Waals surface area contributed by atoms with Crippen LogP contribution in [0.2, 0.25) is 0 Å². The monoisotopic (exact) mass is 467 g/mol. The Morgan fingerprint density at radius 3 is 2.52 bits per heavy atom. The summed E-state index contributed by atoms with van der Waals surface area (Å²) in [6, 6.07) is 16.6. The Hall–Kier alpha value is -3.10. The minimum atomic E-state index is -0.360. The zero-order chi connectivity index (χ0) is 23.0. The molecule has 1 aromatic heterocycles. The number of nitrogens with one attached hydrogen (secondary N) is 2. The molecule has 1 atom stereocenters. The minimum Gasteiger partial charge on any atom is -0.468 e. The quantitative estimate of drug-likeness (QED) is 0.446. The van der Waals surface area contributed by atoms with Crippen molar-refractivity contribution < 1.29 is 18.4 Å². The molecule has 2 N–H and O–H groups in total. The van der Waals surface area contributed by atoms with Crippen LogP contribution in [0.3, 0.4) is 0 Å². The molecular weight excluding hydrogens is 441 g/mol. The Morgan fingerprint density at radius 2 is 1.79 bits per heavy atom. The molecule has 0 bridgehead atoms. The summed E-state index contributed by atoms with van der Waals surface area (Å²) in [5, 5.41) is 5.78. The first kappa shape index (κ1) is 23.1. The third kappa shape index (κ3) is 6.24. The van der Waals surface area contributed by atoms with Crippen molar-refractivity contribution in [3.05, 3.63) is 84.1 Å². The van der Waals surface area contributed by atoms with E-state index >= 15 is 0 Å². The molecule has 2 heterocycles. The largest absolute Gasteiger partial charge is 0.468 e. The van der Waals surface area contributed by atoms with E-state index in [2.05, 4.69) is 15.5 Å². The number of anilines is 1. The van der Waals surface area contributed by atoms with Crippen LogP contribution in [-0.4, -0.2) is 42.1 Å². The molecule has 2 amide bonds. The third-order valence-corrected chi connectivity index (χ3v) is 6.60. The second-order valence-corrected chi connectivity index (χ2v) is 8.84. The van der Waals surface area contributed by atoms with Gasteiger partial charge < -0.3 is 15.1 Å². The van der Waals surface area contributed by atoms with Crippen molar-refractivity contribution in [2.24, 2.45) is 0 Å². The number of amides is 2. The number of hydrogen-bond donors (Lipinski definition) is 2. The number of halogens is 1. The van der Waals surface area contributed by atoms with Crippen LogP contribution >= 0.6 is 11.8 Å². The van der Waals surface area contributed by atoms with Crippen LogP contribution in [0.1, 0.15) is 35.0 Å². The van der Waals surface area contributed by atoms with Crippen molar-refractivity contribution in [3.8, 4) is 0 Å². The Morgan fingerprint density at radius 1 is 1.03 bits per heavy atom. The Bertz CT molecular complexity index is 1070. The maximum atomic E-state index is 13.0. The van der Waals surface area contributed by atoms with E-state index < -0.39 is 0 Å². The highest BCUT2D eigenvalue weighted by Gasteiger charge is 2.26. The van der Waals surface area contributed by atoms with Crippen LogP contribution < -0.4 is 10.6 Å². The van der Waals surface area contributed by atoms with Gasteiger partial charge in [-0.15, -0.1) is 11.8 Å². The molecule has 8 heteroatoms. The molecule has 4 rings (SSSR count). The summed E-state index contributed by atoms with van der Waals surface area (Å²) < 4.78 is 18.7. The van der Waals surface area contributed by atoms with Crippen molar-refractivity contribution in [1.29, 1.82) is 0 Å². The predicted octanol–water partition coefficient (Wildman–Crippen LogP) is 4.72. The minimum absolute atomic E-state index is 0.00671. The fourth-order valence-corrected chi connectivity index (χ4v) is 4.73. The maximum Gasteiger partial charge on any atom is 0.252 e. The van der Waals surface area contributed by atoms with E-state index in [0.29, 0.717) is 17.8 Å². The van der Waals surface area contributed by atoms with Gasteiger partial charge in [-0.25, -0.2) is 4.39 Å². The molecule has 0 aliphatic carbocycles. The first-order valence-corrected chi connectivity index (χ1v) is 11.9. The van der Waals surface area contributed by atoms with Gasteiger partial charge in [-0.1, -0.05) is 12.1 Å². The molecule has 6 nitrogen and oxygen atoms in total. The van der Waals surface area contributed by atoms with Gasteiger partial charge in [-0.3, -0.25) is 14.5 Å². The van der Waals surface area contributed by atoms with E-state index in [9.17, 15) is 14.0 Å². The molecule has 2 aromatic carbocycles. The molecule has 0 spiro atoms. The molecule has 0 unspecified atom stereocenters. The molecule has 1 fully saturated rings. The molecule has 3 aromatic rings. The summed E-state index contributed by atoms with van der Waals surface area (Å²) in [6.07, 6.45) is 3.94. The summed E-state index contributed by atoms with van der Waals surface area (Å²) in [6.45, 7) is 2.41. The van der Waals surface area contributed by atoms with Gasteiger partial charge in [0, 0.05) is 17.1 Å². The highest BCUT2D eigenvalue weighted by Crippen LogP contribution is 2.26. The summed E-state index contributed by atoms with van der Waals surface area (Å²) in [4.78, 5) is 28.4. The van der Waals surface area contributed by atoms with Crippen LogP contribution in [0.15, 0.2) is 76.2 Å². The van der Waals surface area contributed by atoms with Gasteiger partial charge in [0.2, 0.25) is 5.91 Å². The predicted molar refractivity (Wildman–Crippen MR) is 127 cm³/mol. The number of thioether (sulfide) groups is 1. The second kappa shape index (κ2) is 11.2. The van der Waals surface area contributed by atoms with Crippen molar-refractivity contribution in [1.82, 2.24) is 10.2 Å². The lowest BCUT2D eigenvalue weighted by molar-refractivity contribution is -0.113. The number of carbonyl (C=O) groups is 2. The normalized spacial score (nSPS) is 14.7. The van der Waals surface area contributed by atoms with Gasteiger partial charge in [0.25, 0.3) is 5.91 Å². The van der Waals surface area contributed by atoms with E-state index in [4.69, 9.17) is 4.42 Å². The van der Waals surface area contributed by atoms with Gasteiger partial charge in [0.15, 0.2) is 0 Å². The molecule has 0 radical (unpaired) electrons. The highest BCUT2D eigenvalue weighted by atomic mass is 32.2. The zero-order valence-corrected chi connectivity index (χ0v) is 18.9. The molecular formula is C25H26FN3O3S. The first-order chi connectivity index (χ1) is 16.1. The number of nitrogens with zero attached hydrogens (tertiary/aromatic N) is 1. The van der Waals surface area contributed by atoms with Crippen molar-refractivity contribution in [3.63, 3.8) is 0 Å². The standard InChI is InChI=1S/C25H26FN3O3S/c26-18-9-11-19(12-10-18)28-24(30)17-33-23-8-2-1-6-20(23)25(31)27-16-21(22-7-5-15-32-22)29-13-3-4-14-29/h1-2,5-12,15,21H,3-4,13-14,16-17H2,(H,27,31)(H,28,30)/t21-/m0/s1. The van der Waals surface area contributed by atoms with E-state index in [0.717, 1.165) is 36.6 Å². The van der Waals surface area contributed by atoms with Gasteiger partial charge in [-0.2, -0.15) is 0 Å². The number of likely N-dealkylation sites (tertiary alicyclic amines) is 1. The van der Waals surface area contributed by atoms with E-state index in [1.807, 2.05) is 30.3 Å². The average molecular weight is 468 g/mol. The van der Waals surface area contributed by atoms with Crippen LogP contribution in [-0.2, 0) is 4.79 Å². The number of carbonyl (C=O) groups excluding carboxylic acids is 2. The molecule has 0 saturated carbocycles. The lowest BCUT2D eigenvalue weighted by atomic mass is 10.1. The highest BCUT2D eigenvalue weighted by molar-refractivity contribution is 8.00. The van der Waals surface area contributed by atoms with Gasteiger partial charge >= 0.3 is 0 Å². The van der Waals surface area contributed by atoms with Crippen LogP contribution in [0.4, 0.5) is 10.1 Å². The zero-order valence-electron chi connectivity index (χ0n) is 18.1. The van der Waals surface area contributed by atoms with Crippen molar-refractivity contribution in [2.45, 2.75) is 23.8 Å². The molecule has 172 valence electrons. The fraction of sp³-hybridized carbons (Fsp3) is 0.280. The lowest BCUT2D eigenvalue weighted by Gasteiger charge is -2.26. The second-order valence-electron chi connectivity index (χ2n) is 7.82. The number of benzene rings is 2.